The van der Waals surface area contributed by atoms with Gasteiger partial charge in [0, 0.05) is 5.69 Å². The molecule has 1 unspecified atom stereocenters. The molecule has 0 radical (unpaired) electrons. The first-order valence-electron chi connectivity index (χ1n) is 10.0. The number of hydrogen-bond acceptors (Lipinski definition) is 4. The lowest BCUT2D eigenvalue weighted by atomic mass is 10.1. The number of amides is 1. The van der Waals surface area contributed by atoms with Gasteiger partial charge in [-0.15, -0.1) is 0 Å². The van der Waals surface area contributed by atoms with Crippen molar-refractivity contribution in [2.45, 2.75) is 25.7 Å². The highest BCUT2D eigenvalue weighted by molar-refractivity contribution is 7.92. The first kappa shape index (κ1) is 20.9. The monoisotopic (exact) mass is 436 g/mol. The Morgan fingerprint density at radius 3 is 2.52 bits per heavy atom. The quantitative estimate of drug-likeness (QED) is 0.655. The molecule has 1 aliphatic rings. The number of aryl methyl sites for hydroxylation is 2. The predicted molar refractivity (Wildman–Crippen MR) is 122 cm³/mol. The van der Waals surface area contributed by atoms with Crippen molar-refractivity contribution in [1.82, 2.24) is 0 Å². The summed E-state index contributed by atoms with van der Waals surface area (Å²) < 4.78 is 33.7. The number of carbonyl (C=O) groups is 1. The van der Waals surface area contributed by atoms with E-state index in [0.717, 1.165) is 11.1 Å². The van der Waals surface area contributed by atoms with Gasteiger partial charge in [-0.2, -0.15) is 0 Å². The number of nitrogens with one attached hydrogen (secondary N) is 1. The van der Waals surface area contributed by atoms with Crippen LogP contribution < -0.4 is 14.4 Å². The van der Waals surface area contributed by atoms with Gasteiger partial charge in [-0.3, -0.25) is 9.10 Å². The van der Waals surface area contributed by atoms with E-state index in [4.69, 9.17) is 4.74 Å². The van der Waals surface area contributed by atoms with E-state index in [9.17, 15) is 13.2 Å². The van der Waals surface area contributed by atoms with Gasteiger partial charge < -0.3 is 10.1 Å². The number of sulfonamides is 1. The normalized spacial score (nSPS) is 15.7. The van der Waals surface area contributed by atoms with Gasteiger partial charge in [-0.05, 0) is 48.7 Å². The zero-order chi connectivity index (χ0) is 22.0. The minimum absolute atomic E-state index is 0.0944. The molecule has 0 bridgehead atoms. The van der Waals surface area contributed by atoms with Crippen LogP contribution in [0.25, 0.3) is 0 Å². The summed E-state index contributed by atoms with van der Waals surface area (Å²) in [5.74, 6) is -0.178. The Hall–Kier alpha value is -3.32. The highest BCUT2D eigenvalue weighted by Crippen LogP contribution is 2.36. The summed E-state index contributed by atoms with van der Waals surface area (Å²) in [6.07, 6.45) is -0.972. The van der Waals surface area contributed by atoms with E-state index in [0.29, 0.717) is 22.7 Å². The highest BCUT2D eigenvalue weighted by Gasteiger charge is 2.36. The molecule has 1 atom stereocenters. The van der Waals surface area contributed by atoms with Crippen molar-refractivity contribution in [2.75, 3.05) is 16.2 Å². The molecule has 0 fully saturated rings. The Balaban J connectivity index is 1.62. The van der Waals surface area contributed by atoms with Gasteiger partial charge in [0.05, 0.1) is 18.0 Å². The molecule has 7 heteroatoms. The SMILES string of the molecule is Cc1ccc(C)c(NC(=O)C2CN(S(=O)(=O)Cc3ccccc3)c3ccccc3O2)c1. The molecule has 0 saturated carbocycles. The van der Waals surface area contributed by atoms with Crippen LogP contribution in [-0.2, 0) is 20.6 Å². The third-order valence-electron chi connectivity index (χ3n) is 5.21. The summed E-state index contributed by atoms with van der Waals surface area (Å²) in [4.78, 5) is 13.0. The van der Waals surface area contributed by atoms with Gasteiger partial charge in [-0.25, -0.2) is 8.42 Å². The second-order valence-corrected chi connectivity index (χ2v) is 9.55. The summed E-state index contributed by atoms with van der Waals surface area (Å²) in [6.45, 7) is 3.76. The summed E-state index contributed by atoms with van der Waals surface area (Å²) in [6, 6.07) is 21.7. The van der Waals surface area contributed by atoms with Crippen LogP contribution in [0.5, 0.6) is 5.75 Å². The number of ether oxygens (including phenoxy) is 1. The van der Waals surface area contributed by atoms with Crippen LogP contribution in [0.1, 0.15) is 16.7 Å². The van der Waals surface area contributed by atoms with Crippen molar-refractivity contribution in [1.29, 1.82) is 0 Å². The molecule has 6 nitrogen and oxygen atoms in total. The van der Waals surface area contributed by atoms with Gasteiger partial charge in [0.25, 0.3) is 5.91 Å². The molecule has 0 saturated heterocycles. The number of benzene rings is 3. The van der Waals surface area contributed by atoms with Crippen LogP contribution in [0.2, 0.25) is 0 Å². The molecule has 31 heavy (non-hydrogen) atoms. The number of nitrogens with zero attached hydrogens (tertiary/aromatic N) is 1. The number of hydrogen-bond donors (Lipinski definition) is 1. The molecular weight excluding hydrogens is 412 g/mol. The topological polar surface area (TPSA) is 75.7 Å². The number of carbonyl (C=O) groups excluding carboxylic acids is 1. The van der Waals surface area contributed by atoms with E-state index < -0.39 is 16.1 Å². The van der Waals surface area contributed by atoms with Gasteiger partial charge in [0.2, 0.25) is 10.0 Å². The van der Waals surface area contributed by atoms with E-state index in [-0.39, 0.29) is 18.2 Å². The van der Waals surface area contributed by atoms with Crippen molar-refractivity contribution in [3.8, 4) is 5.75 Å². The predicted octanol–water partition coefficient (Wildman–Crippen LogP) is 4.04. The van der Waals surface area contributed by atoms with Crippen molar-refractivity contribution in [2.24, 2.45) is 0 Å². The summed E-state index contributed by atoms with van der Waals surface area (Å²) in [5, 5.41) is 2.89. The van der Waals surface area contributed by atoms with Crippen molar-refractivity contribution in [3.63, 3.8) is 0 Å². The largest absolute Gasteiger partial charge is 0.476 e. The molecule has 1 amide bonds. The lowest BCUT2D eigenvalue weighted by molar-refractivity contribution is -0.122. The maximum absolute atomic E-state index is 13.3. The Kier molecular flexibility index (Phi) is 5.69. The molecule has 1 heterocycles. The first-order chi connectivity index (χ1) is 14.8. The fourth-order valence-corrected chi connectivity index (χ4v) is 5.13. The van der Waals surface area contributed by atoms with Gasteiger partial charge in [0.15, 0.2) is 6.10 Å². The van der Waals surface area contributed by atoms with Gasteiger partial charge in [-0.1, -0.05) is 54.6 Å². The smallest absolute Gasteiger partial charge is 0.267 e. The molecule has 0 aromatic heterocycles. The minimum atomic E-state index is -3.73. The lowest BCUT2D eigenvalue weighted by Crippen LogP contribution is -2.49. The molecule has 3 aromatic rings. The number of anilines is 2. The van der Waals surface area contributed by atoms with E-state index in [1.165, 1.54) is 4.31 Å². The molecule has 0 spiro atoms. The van der Waals surface area contributed by atoms with Crippen LogP contribution >= 0.6 is 0 Å². The molecule has 3 aromatic carbocycles. The maximum atomic E-state index is 13.3. The van der Waals surface area contributed by atoms with Crippen LogP contribution in [0, 0.1) is 13.8 Å². The second-order valence-electron chi connectivity index (χ2n) is 7.65. The molecule has 1 aliphatic heterocycles. The van der Waals surface area contributed by atoms with Crippen molar-refractivity contribution in [3.05, 3.63) is 89.5 Å². The lowest BCUT2D eigenvalue weighted by Gasteiger charge is -2.34. The first-order valence-corrected chi connectivity index (χ1v) is 11.6. The number of fused-ring (bicyclic) bond motifs is 1. The summed E-state index contributed by atoms with van der Waals surface area (Å²) in [7, 11) is -3.73. The average Bonchev–Trinajstić information content (AvgIpc) is 2.76. The maximum Gasteiger partial charge on any atom is 0.267 e. The van der Waals surface area contributed by atoms with E-state index in [1.807, 2.05) is 38.1 Å². The fraction of sp³-hybridized carbons (Fsp3) is 0.208. The van der Waals surface area contributed by atoms with E-state index in [1.54, 1.807) is 48.5 Å². The van der Waals surface area contributed by atoms with Crippen LogP contribution in [0.4, 0.5) is 11.4 Å². The Morgan fingerprint density at radius 1 is 1.03 bits per heavy atom. The molecule has 160 valence electrons. The van der Waals surface area contributed by atoms with Crippen LogP contribution in [-0.4, -0.2) is 27.0 Å². The molecule has 4 rings (SSSR count). The molecular formula is C24H24N2O4S. The fourth-order valence-electron chi connectivity index (χ4n) is 3.55. The summed E-state index contributed by atoms with van der Waals surface area (Å²) in [5.41, 5.74) is 3.75. The number of rotatable bonds is 5. The van der Waals surface area contributed by atoms with Gasteiger partial charge >= 0.3 is 0 Å². The Labute approximate surface area is 182 Å². The zero-order valence-electron chi connectivity index (χ0n) is 17.4. The highest BCUT2D eigenvalue weighted by atomic mass is 32.2. The van der Waals surface area contributed by atoms with E-state index >= 15 is 0 Å². The Morgan fingerprint density at radius 2 is 1.74 bits per heavy atom. The second kappa shape index (κ2) is 8.43. The molecule has 1 N–H and O–H groups in total. The summed E-state index contributed by atoms with van der Waals surface area (Å²) >= 11 is 0. The van der Waals surface area contributed by atoms with Crippen molar-refractivity contribution < 1.29 is 17.9 Å². The molecule has 0 aliphatic carbocycles. The standard InChI is InChI=1S/C24H24N2O4S/c1-17-12-13-18(2)20(14-17)25-24(27)23-15-26(21-10-6-7-11-22(21)30-23)31(28,29)16-19-8-4-3-5-9-19/h3-14,23H,15-16H2,1-2H3,(H,25,27). The van der Waals surface area contributed by atoms with Crippen LogP contribution in [0.3, 0.4) is 0 Å². The van der Waals surface area contributed by atoms with Crippen LogP contribution in [0.15, 0.2) is 72.8 Å². The third-order valence-corrected chi connectivity index (χ3v) is 6.92. The average molecular weight is 437 g/mol. The Bertz CT molecular complexity index is 1210. The van der Waals surface area contributed by atoms with E-state index in [2.05, 4.69) is 5.32 Å². The van der Waals surface area contributed by atoms with Crippen molar-refractivity contribution >= 4 is 27.3 Å². The minimum Gasteiger partial charge on any atom is -0.476 e. The zero-order valence-corrected chi connectivity index (χ0v) is 18.2. The third kappa shape index (κ3) is 4.56. The number of para-hydroxylation sites is 2. The van der Waals surface area contributed by atoms with Gasteiger partial charge in [0.1, 0.15) is 5.75 Å².